The summed E-state index contributed by atoms with van der Waals surface area (Å²) in [5, 5.41) is 5.79. The molecule has 0 saturated heterocycles. The highest BCUT2D eigenvalue weighted by atomic mass is 16.5. The molecule has 6 heteroatoms. The van der Waals surface area contributed by atoms with Crippen LogP contribution in [-0.2, 0) is 12.8 Å². The number of methoxy groups -OCH3 is 2. The van der Waals surface area contributed by atoms with Crippen LogP contribution in [-0.4, -0.2) is 33.4 Å². The lowest BCUT2D eigenvalue weighted by Gasteiger charge is -2.16. The van der Waals surface area contributed by atoms with E-state index in [1.54, 1.807) is 26.4 Å². The number of ether oxygens (including phenoxy) is 3. The molecule has 0 saturated carbocycles. The van der Waals surface area contributed by atoms with E-state index in [0.29, 0.717) is 30.4 Å². The zero-order chi connectivity index (χ0) is 19.6. The molecule has 2 N–H and O–H groups in total. The maximum absolute atomic E-state index is 12.3. The van der Waals surface area contributed by atoms with Crippen molar-refractivity contribution in [2.45, 2.75) is 26.7 Å². The molecule has 0 aliphatic carbocycles. The van der Waals surface area contributed by atoms with Gasteiger partial charge in [-0.05, 0) is 36.1 Å². The third kappa shape index (κ3) is 5.29. The number of carbonyl (C=O) groups excluding carboxylic acids is 1. The van der Waals surface area contributed by atoms with Crippen LogP contribution in [0.1, 0.15) is 25.0 Å². The number of nitrogens with one attached hydrogen (secondary N) is 2. The van der Waals surface area contributed by atoms with Gasteiger partial charge in [-0.2, -0.15) is 0 Å². The monoisotopic (exact) mass is 372 g/mol. The molecule has 0 aliphatic rings. The number of hydrogen-bond acceptors (Lipinski definition) is 4. The summed E-state index contributed by atoms with van der Waals surface area (Å²) in [7, 11) is 3.14. The Kier molecular flexibility index (Phi) is 7.79. The Morgan fingerprint density at radius 1 is 0.926 bits per heavy atom. The minimum absolute atomic E-state index is 0.244. The quantitative estimate of drug-likeness (QED) is 0.652. The third-order valence-electron chi connectivity index (χ3n) is 4.25. The highest BCUT2D eigenvalue weighted by molar-refractivity contribution is 5.91. The maximum atomic E-state index is 12.3. The van der Waals surface area contributed by atoms with Gasteiger partial charge in [0.25, 0.3) is 0 Å². The molecule has 0 aromatic heterocycles. The average Bonchev–Trinajstić information content (AvgIpc) is 2.70. The van der Waals surface area contributed by atoms with Crippen molar-refractivity contribution in [2.75, 3.05) is 32.7 Å². The van der Waals surface area contributed by atoms with E-state index in [2.05, 4.69) is 24.5 Å². The van der Waals surface area contributed by atoms with Crippen molar-refractivity contribution in [1.82, 2.24) is 5.32 Å². The van der Waals surface area contributed by atoms with E-state index in [4.69, 9.17) is 14.2 Å². The van der Waals surface area contributed by atoms with Gasteiger partial charge < -0.3 is 24.8 Å². The van der Waals surface area contributed by atoms with E-state index in [0.717, 1.165) is 29.7 Å². The summed E-state index contributed by atoms with van der Waals surface area (Å²) in [6.45, 7) is 4.83. The van der Waals surface area contributed by atoms with Gasteiger partial charge in [-0.1, -0.05) is 38.1 Å². The van der Waals surface area contributed by atoms with Crippen LogP contribution in [0.15, 0.2) is 36.4 Å². The summed E-state index contributed by atoms with van der Waals surface area (Å²) >= 11 is 0. The highest BCUT2D eigenvalue weighted by Crippen LogP contribution is 2.36. The fraction of sp³-hybridized carbons (Fsp3) is 0.381. The summed E-state index contributed by atoms with van der Waals surface area (Å²) in [5.41, 5.74) is 3.15. The maximum Gasteiger partial charge on any atom is 0.319 e. The van der Waals surface area contributed by atoms with Crippen LogP contribution in [0.3, 0.4) is 0 Å². The number of urea groups is 1. The van der Waals surface area contributed by atoms with E-state index in [-0.39, 0.29) is 6.03 Å². The van der Waals surface area contributed by atoms with Crippen molar-refractivity contribution in [3.63, 3.8) is 0 Å². The summed E-state index contributed by atoms with van der Waals surface area (Å²) in [6, 6.07) is 11.3. The molecule has 6 nitrogen and oxygen atoms in total. The highest BCUT2D eigenvalue weighted by Gasteiger charge is 2.12. The fourth-order valence-electron chi connectivity index (χ4n) is 2.86. The molecule has 0 aliphatic heterocycles. The molecular formula is C21H28N2O4. The van der Waals surface area contributed by atoms with E-state index in [1.807, 2.05) is 24.3 Å². The molecule has 0 atom stereocenters. The molecule has 0 fully saturated rings. The second kappa shape index (κ2) is 10.3. The molecule has 2 rings (SSSR count). The largest absolute Gasteiger partial charge is 0.493 e. The zero-order valence-electron chi connectivity index (χ0n) is 16.4. The number of para-hydroxylation sites is 2. The van der Waals surface area contributed by atoms with Crippen molar-refractivity contribution in [2.24, 2.45) is 0 Å². The molecule has 0 spiro atoms. The molecule has 2 aromatic rings. The Bertz CT molecular complexity index is 740. The number of hydrogen-bond donors (Lipinski definition) is 2. The lowest BCUT2D eigenvalue weighted by molar-refractivity contribution is 0.245. The minimum atomic E-state index is -0.244. The first-order valence-electron chi connectivity index (χ1n) is 9.13. The molecule has 2 amide bonds. The summed E-state index contributed by atoms with van der Waals surface area (Å²) < 4.78 is 16.3. The van der Waals surface area contributed by atoms with Crippen LogP contribution >= 0.6 is 0 Å². The molecule has 0 bridgehead atoms. The predicted octanol–water partition coefficient (Wildman–Crippen LogP) is 4.03. The van der Waals surface area contributed by atoms with E-state index in [9.17, 15) is 4.79 Å². The Morgan fingerprint density at radius 2 is 1.56 bits per heavy atom. The number of rotatable bonds is 9. The first-order valence-corrected chi connectivity index (χ1v) is 9.13. The van der Waals surface area contributed by atoms with E-state index in [1.165, 1.54) is 0 Å². The Hall–Kier alpha value is -2.89. The molecule has 146 valence electrons. The lowest BCUT2D eigenvalue weighted by atomic mass is 10.0. The predicted molar refractivity (Wildman–Crippen MR) is 107 cm³/mol. The van der Waals surface area contributed by atoms with Gasteiger partial charge in [0.05, 0.1) is 20.8 Å². The summed E-state index contributed by atoms with van der Waals surface area (Å²) in [5.74, 6) is 1.71. The van der Waals surface area contributed by atoms with E-state index < -0.39 is 0 Å². The van der Waals surface area contributed by atoms with Crippen LogP contribution in [0.25, 0.3) is 0 Å². The van der Waals surface area contributed by atoms with Gasteiger partial charge >= 0.3 is 6.03 Å². The molecule has 0 heterocycles. The minimum Gasteiger partial charge on any atom is -0.493 e. The van der Waals surface area contributed by atoms with Gasteiger partial charge in [0.2, 0.25) is 5.75 Å². The first kappa shape index (κ1) is 20.4. The second-order valence-electron chi connectivity index (χ2n) is 5.88. The van der Waals surface area contributed by atoms with Crippen LogP contribution in [0.4, 0.5) is 10.5 Å². The Morgan fingerprint density at radius 3 is 2.15 bits per heavy atom. The van der Waals surface area contributed by atoms with Crippen molar-refractivity contribution < 1.29 is 19.0 Å². The fourth-order valence-corrected chi connectivity index (χ4v) is 2.86. The van der Waals surface area contributed by atoms with Gasteiger partial charge in [0.15, 0.2) is 11.5 Å². The number of benzene rings is 2. The molecule has 0 radical (unpaired) electrons. The van der Waals surface area contributed by atoms with Crippen molar-refractivity contribution >= 4 is 11.7 Å². The summed E-state index contributed by atoms with van der Waals surface area (Å²) in [6.07, 6.45) is 1.73. The topological polar surface area (TPSA) is 68.8 Å². The average molecular weight is 372 g/mol. The van der Waals surface area contributed by atoms with Crippen LogP contribution < -0.4 is 24.8 Å². The number of anilines is 1. The van der Waals surface area contributed by atoms with Gasteiger partial charge in [-0.25, -0.2) is 4.79 Å². The van der Waals surface area contributed by atoms with E-state index >= 15 is 0 Å². The number of carbonyl (C=O) groups is 1. The van der Waals surface area contributed by atoms with Crippen LogP contribution in [0.5, 0.6) is 17.2 Å². The third-order valence-corrected chi connectivity index (χ3v) is 4.25. The zero-order valence-corrected chi connectivity index (χ0v) is 16.4. The lowest BCUT2D eigenvalue weighted by Crippen LogP contribution is -2.32. The molecule has 0 unspecified atom stereocenters. The van der Waals surface area contributed by atoms with Gasteiger partial charge in [-0.3, -0.25) is 0 Å². The Balaban J connectivity index is 1.89. The van der Waals surface area contributed by atoms with Gasteiger partial charge in [0, 0.05) is 5.69 Å². The first-order chi connectivity index (χ1) is 13.1. The smallest absolute Gasteiger partial charge is 0.319 e. The molecular weight excluding hydrogens is 344 g/mol. The standard InChI is InChI=1S/C21H28N2O4/c1-5-15-9-7-10-16(6-2)19(15)23-21(24)22-13-14-27-18-12-8-11-17(25-3)20(18)26-4/h7-12H,5-6,13-14H2,1-4H3,(H2,22,23,24). The van der Waals surface area contributed by atoms with Crippen molar-refractivity contribution in [3.05, 3.63) is 47.5 Å². The van der Waals surface area contributed by atoms with Crippen molar-refractivity contribution in [1.29, 1.82) is 0 Å². The SMILES string of the molecule is CCc1cccc(CC)c1NC(=O)NCCOc1cccc(OC)c1OC. The Labute approximate surface area is 160 Å². The van der Waals surface area contributed by atoms with Gasteiger partial charge in [0.1, 0.15) is 6.61 Å². The van der Waals surface area contributed by atoms with Gasteiger partial charge in [-0.15, -0.1) is 0 Å². The summed E-state index contributed by atoms with van der Waals surface area (Å²) in [4.78, 5) is 12.3. The number of amides is 2. The number of aryl methyl sites for hydroxylation is 2. The second-order valence-corrected chi connectivity index (χ2v) is 5.88. The van der Waals surface area contributed by atoms with Crippen LogP contribution in [0, 0.1) is 0 Å². The van der Waals surface area contributed by atoms with Crippen LogP contribution in [0.2, 0.25) is 0 Å². The molecule has 27 heavy (non-hydrogen) atoms. The normalized spacial score (nSPS) is 10.2. The molecule has 2 aromatic carbocycles. The van der Waals surface area contributed by atoms with Crippen molar-refractivity contribution in [3.8, 4) is 17.2 Å².